The number of hydrogen-bond donors (Lipinski definition) is 1. The smallest absolute Gasteiger partial charge is 0.239 e. The van der Waals surface area contributed by atoms with Crippen molar-refractivity contribution in [3.63, 3.8) is 0 Å². The summed E-state index contributed by atoms with van der Waals surface area (Å²) in [5, 5.41) is 12.6. The molecule has 3 rings (SSSR count). The third-order valence-corrected chi connectivity index (χ3v) is 8.04. The van der Waals surface area contributed by atoms with Crippen molar-refractivity contribution < 1.29 is 13.2 Å². The summed E-state index contributed by atoms with van der Waals surface area (Å²) in [6, 6.07) is 2.47. The highest BCUT2D eigenvalue weighted by Gasteiger charge is 2.33. The van der Waals surface area contributed by atoms with Gasteiger partial charge in [0.1, 0.15) is 11.9 Å². The molecule has 1 N–H and O–H groups in total. The Bertz CT molecular complexity index is 892. The van der Waals surface area contributed by atoms with Crippen LogP contribution in [0.3, 0.4) is 0 Å². The molecule has 1 atom stereocenters. The van der Waals surface area contributed by atoms with Crippen molar-refractivity contribution in [3.05, 3.63) is 16.8 Å². The third kappa shape index (κ3) is 4.11. The Morgan fingerprint density at radius 3 is 2.50 bits per heavy atom. The molecular weight excluding hydrogens is 376 g/mol. The van der Waals surface area contributed by atoms with Crippen LogP contribution in [0.25, 0.3) is 0 Å². The fourth-order valence-electron chi connectivity index (χ4n) is 4.62. The summed E-state index contributed by atoms with van der Waals surface area (Å²) >= 11 is 0. The molecule has 2 heterocycles. The van der Waals surface area contributed by atoms with Crippen LogP contribution in [0.5, 0.6) is 0 Å². The topological polar surface area (TPSA) is 95.2 Å². The molecule has 1 aliphatic heterocycles. The first-order valence-corrected chi connectivity index (χ1v) is 11.9. The normalized spacial score (nSPS) is 21.9. The molecule has 0 radical (unpaired) electrons. The number of anilines is 1. The van der Waals surface area contributed by atoms with E-state index in [2.05, 4.69) is 16.0 Å². The molecule has 7 nitrogen and oxygen atoms in total. The lowest BCUT2D eigenvalue weighted by Crippen LogP contribution is -2.41. The predicted molar refractivity (Wildman–Crippen MR) is 109 cm³/mol. The first-order valence-electron chi connectivity index (χ1n) is 10.1. The van der Waals surface area contributed by atoms with Crippen LogP contribution in [0, 0.1) is 25.2 Å². The zero-order chi connectivity index (χ0) is 20.5. The number of rotatable bonds is 6. The number of nitrogens with zero attached hydrogens (tertiary/aromatic N) is 3. The molecule has 1 aromatic heterocycles. The lowest BCUT2D eigenvalue weighted by atomic mass is 10.2. The highest BCUT2D eigenvalue weighted by molar-refractivity contribution is 7.91. The van der Waals surface area contributed by atoms with Gasteiger partial charge in [0, 0.05) is 17.8 Å². The minimum absolute atomic E-state index is 0.110. The molecule has 8 heteroatoms. The minimum atomic E-state index is -3.00. The Kier molecular flexibility index (Phi) is 6.15. The number of aromatic nitrogens is 1. The number of nitrogens with one attached hydrogen (secondary N) is 1. The summed E-state index contributed by atoms with van der Waals surface area (Å²) in [5.41, 5.74) is 2.48. The van der Waals surface area contributed by atoms with Gasteiger partial charge >= 0.3 is 0 Å². The van der Waals surface area contributed by atoms with Gasteiger partial charge < -0.3 is 9.88 Å². The Balaban J connectivity index is 1.80. The number of amides is 1. The number of nitriles is 1. The molecule has 0 bridgehead atoms. The van der Waals surface area contributed by atoms with E-state index < -0.39 is 9.84 Å². The Hall–Kier alpha value is -1.85. The number of hydrogen-bond acceptors (Lipinski definition) is 5. The number of carbonyl (C=O) groups excluding carboxylic acids is 1. The average Bonchev–Trinajstić information content (AvgIpc) is 3.33. The zero-order valence-electron chi connectivity index (χ0n) is 17.0. The van der Waals surface area contributed by atoms with E-state index >= 15 is 0 Å². The van der Waals surface area contributed by atoms with E-state index in [0.29, 0.717) is 30.4 Å². The third-order valence-electron chi connectivity index (χ3n) is 6.29. The zero-order valence-corrected chi connectivity index (χ0v) is 17.8. The standard InChI is InChI=1S/C20H30N4O3S/c1-4-23(17-9-10-28(26,27)13-17)12-19(25)22-20-18(11-21)14(2)15(3)24(20)16-7-5-6-8-16/h16-17H,4-10,12-13H2,1-3H3,(H,22,25)/t17-/m0/s1. The fraction of sp³-hybridized carbons (Fsp3) is 0.700. The summed E-state index contributed by atoms with van der Waals surface area (Å²) in [5.74, 6) is 0.717. The van der Waals surface area contributed by atoms with Crippen LogP contribution in [0.1, 0.15) is 61.9 Å². The van der Waals surface area contributed by atoms with Crippen LogP contribution >= 0.6 is 0 Å². The van der Waals surface area contributed by atoms with Gasteiger partial charge in [0.15, 0.2) is 9.84 Å². The van der Waals surface area contributed by atoms with E-state index in [4.69, 9.17) is 0 Å². The molecule has 0 unspecified atom stereocenters. The molecule has 154 valence electrons. The van der Waals surface area contributed by atoms with Crippen molar-refractivity contribution in [2.45, 2.75) is 65.0 Å². The molecule has 0 aromatic carbocycles. The van der Waals surface area contributed by atoms with Gasteiger partial charge in [0.2, 0.25) is 5.91 Å². The first kappa shape index (κ1) is 20.9. The van der Waals surface area contributed by atoms with E-state index in [0.717, 1.165) is 36.9 Å². The van der Waals surface area contributed by atoms with Crippen molar-refractivity contribution >= 4 is 21.6 Å². The monoisotopic (exact) mass is 406 g/mol. The summed E-state index contributed by atoms with van der Waals surface area (Å²) in [4.78, 5) is 14.8. The average molecular weight is 407 g/mol. The molecule has 0 spiro atoms. The van der Waals surface area contributed by atoms with Gasteiger partial charge in [-0.1, -0.05) is 19.8 Å². The van der Waals surface area contributed by atoms with Crippen molar-refractivity contribution in [3.8, 4) is 6.07 Å². The number of carbonyl (C=O) groups is 1. The summed E-state index contributed by atoms with van der Waals surface area (Å²) in [7, 11) is -3.00. The maximum atomic E-state index is 12.8. The van der Waals surface area contributed by atoms with Crippen LogP contribution in [0.15, 0.2) is 0 Å². The second-order valence-corrected chi connectivity index (χ2v) is 10.3. The SMILES string of the molecule is CCN(CC(=O)Nc1c(C#N)c(C)c(C)n1C1CCCC1)[C@H]1CCS(=O)(=O)C1. The highest BCUT2D eigenvalue weighted by atomic mass is 32.2. The maximum absolute atomic E-state index is 12.8. The van der Waals surface area contributed by atoms with Crippen LogP contribution in [0.2, 0.25) is 0 Å². The van der Waals surface area contributed by atoms with Crippen molar-refractivity contribution in [1.82, 2.24) is 9.47 Å². The van der Waals surface area contributed by atoms with Gasteiger partial charge in [-0.2, -0.15) is 5.26 Å². The number of likely N-dealkylation sites (N-methyl/N-ethyl adjacent to an activating group) is 1. The molecule has 1 saturated carbocycles. The second kappa shape index (κ2) is 8.26. The molecule has 1 aromatic rings. The van der Waals surface area contributed by atoms with Gasteiger partial charge in [0.25, 0.3) is 0 Å². The highest BCUT2D eigenvalue weighted by Crippen LogP contribution is 2.37. The van der Waals surface area contributed by atoms with Crippen LogP contribution in [-0.4, -0.2) is 54.4 Å². The molecule has 1 amide bonds. The summed E-state index contributed by atoms with van der Waals surface area (Å²) in [6.45, 7) is 6.62. The lowest BCUT2D eigenvalue weighted by Gasteiger charge is -2.26. The van der Waals surface area contributed by atoms with Gasteiger partial charge in [-0.15, -0.1) is 0 Å². The minimum Gasteiger partial charge on any atom is -0.327 e. The Morgan fingerprint density at radius 2 is 1.96 bits per heavy atom. The van der Waals surface area contributed by atoms with E-state index in [1.54, 1.807) is 0 Å². The maximum Gasteiger partial charge on any atom is 0.239 e. The number of sulfone groups is 1. The van der Waals surface area contributed by atoms with Crippen molar-refractivity contribution in [2.75, 3.05) is 29.9 Å². The quantitative estimate of drug-likeness (QED) is 0.783. The summed E-state index contributed by atoms with van der Waals surface area (Å²) < 4.78 is 25.7. The Labute approximate surface area is 167 Å². The van der Waals surface area contributed by atoms with Gasteiger partial charge in [0.05, 0.1) is 23.6 Å². The van der Waals surface area contributed by atoms with Crippen molar-refractivity contribution in [2.24, 2.45) is 0 Å². The molecule has 2 fully saturated rings. The Morgan fingerprint density at radius 1 is 1.29 bits per heavy atom. The lowest BCUT2D eigenvalue weighted by molar-refractivity contribution is -0.117. The first-order chi connectivity index (χ1) is 13.3. The molecule has 1 aliphatic carbocycles. The van der Waals surface area contributed by atoms with E-state index in [-0.39, 0.29) is 30.0 Å². The second-order valence-electron chi connectivity index (χ2n) is 8.02. The van der Waals surface area contributed by atoms with Crippen molar-refractivity contribution in [1.29, 1.82) is 5.26 Å². The van der Waals surface area contributed by atoms with Crippen LogP contribution < -0.4 is 5.32 Å². The molecule has 2 aliphatic rings. The predicted octanol–water partition coefficient (Wildman–Crippen LogP) is 2.54. The fourth-order valence-corrected chi connectivity index (χ4v) is 6.39. The van der Waals surface area contributed by atoms with Gasteiger partial charge in [-0.3, -0.25) is 9.69 Å². The summed E-state index contributed by atoms with van der Waals surface area (Å²) in [6.07, 6.45) is 5.02. The van der Waals surface area contributed by atoms with Crippen LogP contribution in [0.4, 0.5) is 5.82 Å². The molecule has 28 heavy (non-hydrogen) atoms. The molecular formula is C20H30N4O3S. The van der Waals surface area contributed by atoms with Gasteiger partial charge in [-0.25, -0.2) is 8.42 Å². The van der Waals surface area contributed by atoms with Crippen LogP contribution in [-0.2, 0) is 14.6 Å². The van der Waals surface area contributed by atoms with E-state index in [1.807, 2.05) is 25.7 Å². The van der Waals surface area contributed by atoms with E-state index in [1.165, 1.54) is 0 Å². The largest absolute Gasteiger partial charge is 0.327 e. The molecule has 1 saturated heterocycles. The van der Waals surface area contributed by atoms with Gasteiger partial charge in [-0.05, 0) is 45.2 Å². The van der Waals surface area contributed by atoms with E-state index in [9.17, 15) is 18.5 Å².